The average molecular weight is 298 g/mol. The Hall–Kier alpha value is -0.680. The van der Waals surface area contributed by atoms with Crippen LogP contribution in [0.3, 0.4) is 0 Å². The van der Waals surface area contributed by atoms with E-state index < -0.39 is 0 Å². The number of rotatable bonds is 2. The predicted octanol–water partition coefficient (Wildman–Crippen LogP) is 2.61. The summed E-state index contributed by atoms with van der Waals surface area (Å²) in [6.45, 7) is 0.911. The lowest BCUT2D eigenvalue weighted by molar-refractivity contribution is 0.0619. The molecule has 92 valence electrons. The molecule has 0 spiro atoms. The van der Waals surface area contributed by atoms with Crippen LogP contribution in [0.5, 0.6) is 0 Å². The van der Waals surface area contributed by atoms with Crippen LogP contribution in [0.25, 0.3) is 0 Å². The molecule has 1 aromatic heterocycles. The van der Waals surface area contributed by atoms with E-state index in [0.717, 1.165) is 17.0 Å². The van der Waals surface area contributed by atoms with Gasteiger partial charge in [-0.15, -0.1) is 0 Å². The number of ether oxygens (including phenoxy) is 1. The van der Waals surface area contributed by atoms with Crippen molar-refractivity contribution < 1.29 is 4.74 Å². The molecule has 3 atom stereocenters. The Morgan fingerprint density at radius 2 is 2.06 bits per heavy atom. The summed E-state index contributed by atoms with van der Waals surface area (Å²) >= 11 is 3.34. The topological polar surface area (TPSA) is 47.0 Å². The summed E-state index contributed by atoms with van der Waals surface area (Å²) in [5, 5.41) is 3.46. The van der Waals surface area contributed by atoms with Crippen LogP contribution < -0.4 is 5.32 Å². The number of hydrogen-bond donors (Lipinski definition) is 1. The standard InChI is InChI=1S/C12H16BrN3O/c13-8-6-14-12(15-7-8)16-10-2-1-3-11-9(10)4-5-17-11/h6-7,9-11H,1-5H2,(H,14,15,16)/t9-,10-,11+/m1/s1. The summed E-state index contributed by atoms with van der Waals surface area (Å²) < 4.78 is 6.67. The first kappa shape index (κ1) is 11.4. The molecule has 0 amide bonds. The summed E-state index contributed by atoms with van der Waals surface area (Å²) in [5.41, 5.74) is 0. The van der Waals surface area contributed by atoms with Crippen molar-refractivity contribution in [1.29, 1.82) is 0 Å². The van der Waals surface area contributed by atoms with Crippen LogP contribution in [0.1, 0.15) is 25.7 Å². The van der Waals surface area contributed by atoms with Crippen molar-refractivity contribution in [1.82, 2.24) is 9.97 Å². The fourth-order valence-corrected chi connectivity index (χ4v) is 3.11. The molecular weight excluding hydrogens is 282 g/mol. The second kappa shape index (κ2) is 4.90. The van der Waals surface area contributed by atoms with E-state index in [1.165, 1.54) is 25.7 Å². The Bertz CT molecular complexity index is 384. The normalized spacial score (nSPS) is 32.2. The highest BCUT2D eigenvalue weighted by molar-refractivity contribution is 9.10. The molecule has 0 aromatic carbocycles. The fourth-order valence-electron chi connectivity index (χ4n) is 2.91. The van der Waals surface area contributed by atoms with Crippen LogP contribution in [0.15, 0.2) is 16.9 Å². The Labute approximate surface area is 109 Å². The number of hydrogen-bond acceptors (Lipinski definition) is 4. The molecule has 1 saturated heterocycles. The first-order valence-electron chi connectivity index (χ1n) is 6.18. The highest BCUT2D eigenvalue weighted by atomic mass is 79.9. The number of nitrogens with zero attached hydrogens (tertiary/aromatic N) is 2. The first-order valence-corrected chi connectivity index (χ1v) is 6.98. The van der Waals surface area contributed by atoms with Gasteiger partial charge in [0.15, 0.2) is 0 Å². The molecule has 1 aromatic rings. The van der Waals surface area contributed by atoms with Gasteiger partial charge in [0.2, 0.25) is 5.95 Å². The molecule has 1 aliphatic carbocycles. The first-order chi connectivity index (χ1) is 8.33. The minimum absolute atomic E-state index is 0.455. The molecular formula is C12H16BrN3O. The molecule has 3 rings (SSSR count). The van der Waals surface area contributed by atoms with Gasteiger partial charge in [-0.25, -0.2) is 9.97 Å². The number of nitrogens with one attached hydrogen (secondary N) is 1. The van der Waals surface area contributed by atoms with Gasteiger partial charge in [-0.05, 0) is 41.6 Å². The van der Waals surface area contributed by atoms with E-state index in [1.54, 1.807) is 12.4 Å². The van der Waals surface area contributed by atoms with Gasteiger partial charge in [0.25, 0.3) is 0 Å². The molecule has 5 heteroatoms. The Balaban J connectivity index is 1.69. The highest BCUT2D eigenvalue weighted by Gasteiger charge is 2.37. The van der Waals surface area contributed by atoms with E-state index in [0.29, 0.717) is 18.1 Å². The van der Waals surface area contributed by atoms with Crippen LogP contribution in [0.4, 0.5) is 5.95 Å². The lowest BCUT2D eigenvalue weighted by atomic mass is 9.82. The summed E-state index contributed by atoms with van der Waals surface area (Å²) in [6.07, 6.45) is 8.82. The van der Waals surface area contributed by atoms with Gasteiger partial charge in [-0.1, -0.05) is 0 Å². The van der Waals surface area contributed by atoms with E-state index in [4.69, 9.17) is 4.74 Å². The summed E-state index contributed by atoms with van der Waals surface area (Å²) in [5.74, 6) is 1.36. The van der Waals surface area contributed by atoms with E-state index >= 15 is 0 Å². The van der Waals surface area contributed by atoms with Crippen molar-refractivity contribution >= 4 is 21.9 Å². The summed E-state index contributed by atoms with van der Waals surface area (Å²) in [6, 6.07) is 0.470. The highest BCUT2D eigenvalue weighted by Crippen LogP contribution is 2.35. The van der Waals surface area contributed by atoms with E-state index in [9.17, 15) is 0 Å². The molecule has 2 heterocycles. The van der Waals surface area contributed by atoms with Gasteiger partial charge < -0.3 is 10.1 Å². The van der Waals surface area contributed by atoms with Crippen molar-refractivity contribution in [3.8, 4) is 0 Å². The smallest absolute Gasteiger partial charge is 0.222 e. The maximum atomic E-state index is 5.76. The van der Waals surface area contributed by atoms with E-state index in [2.05, 4.69) is 31.2 Å². The predicted molar refractivity (Wildman–Crippen MR) is 68.8 cm³/mol. The number of aromatic nitrogens is 2. The lowest BCUT2D eigenvalue weighted by Gasteiger charge is -2.33. The molecule has 0 radical (unpaired) electrons. The van der Waals surface area contributed by atoms with E-state index in [1.807, 2.05) is 0 Å². The zero-order valence-corrected chi connectivity index (χ0v) is 11.2. The molecule has 1 saturated carbocycles. The van der Waals surface area contributed by atoms with Gasteiger partial charge in [0.05, 0.1) is 10.6 Å². The van der Waals surface area contributed by atoms with Gasteiger partial charge in [-0.3, -0.25) is 0 Å². The average Bonchev–Trinajstić information content (AvgIpc) is 2.81. The van der Waals surface area contributed by atoms with Crippen molar-refractivity contribution in [2.45, 2.75) is 37.8 Å². The quantitative estimate of drug-likeness (QED) is 0.911. The molecule has 0 unspecified atom stereocenters. The number of fused-ring (bicyclic) bond motifs is 1. The van der Waals surface area contributed by atoms with Crippen molar-refractivity contribution in [2.75, 3.05) is 11.9 Å². The van der Waals surface area contributed by atoms with Crippen LogP contribution in [0, 0.1) is 5.92 Å². The number of anilines is 1. The number of halogens is 1. The van der Waals surface area contributed by atoms with Gasteiger partial charge in [0.1, 0.15) is 0 Å². The third-order valence-electron chi connectivity index (χ3n) is 3.72. The van der Waals surface area contributed by atoms with Gasteiger partial charge in [-0.2, -0.15) is 0 Å². The van der Waals surface area contributed by atoms with Crippen LogP contribution in [0.2, 0.25) is 0 Å². The molecule has 1 N–H and O–H groups in total. The van der Waals surface area contributed by atoms with Crippen LogP contribution >= 0.6 is 15.9 Å². The second-order valence-electron chi connectivity index (χ2n) is 4.77. The molecule has 2 aliphatic rings. The zero-order chi connectivity index (χ0) is 11.7. The third-order valence-corrected chi connectivity index (χ3v) is 4.13. The summed E-state index contributed by atoms with van der Waals surface area (Å²) in [4.78, 5) is 8.55. The van der Waals surface area contributed by atoms with Gasteiger partial charge in [0, 0.05) is 31.0 Å². The van der Waals surface area contributed by atoms with Crippen LogP contribution in [-0.4, -0.2) is 28.7 Å². The van der Waals surface area contributed by atoms with Gasteiger partial charge >= 0.3 is 0 Å². The molecule has 2 fully saturated rings. The zero-order valence-electron chi connectivity index (χ0n) is 9.60. The maximum Gasteiger partial charge on any atom is 0.222 e. The monoisotopic (exact) mass is 297 g/mol. The van der Waals surface area contributed by atoms with Crippen molar-refractivity contribution in [3.05, 3.63) is 16.9 Å². The van der Waals surface area contributed by atoms with Crippen LogP contribution in [-0.2, 0) is 4.74 Å². The lowest BCUT2D eigenvalue weighted by Crippen LogP contribution is -2.38. The molecule has 17 heavy (non-hydrogen) atoms. The third kappa shape index (κ3) is 2.45. The second-order valence-corrected chi connectivity index (χ2v) is 5.68. The molecule has 0 bridgehead atoms. The van der Waals surface area contributed by atoms with E-state index in [-0.39, 0.29) is 0 Å². The molecule has 4 nitrogen and oxygen atoms in total. The Morgan fingerprint density at radius 3 is 2.88 bits per heavy atom. The van der Waals surface area contributed by atoms with Crippen molar-refractivity contribution in [2.24, 2.45) is 5.92 Å². The summed E-state index contributed by atoms with van der Waals surface area (Å²) in [7, 11) is 0. The maximum absolute atomic E-state index is 5.76. The largest absolute Gasteiger partial charge is 0.378 e. The molecule has 1 aliphatic heterocycles. The fraction of sp³-hybridized carbons (Fsp3) is 0.667. The Morgan fingerprint density at radius 1 is 1.24 bits per heavy atom. The van der Waals surface area contributed by atoms with Crippen molar-refractivity contribution in [3.63, 3.8) is 0 Å². The minimum atomic E-state index is 0.455. The SMILES string of the molecule is Brc1cnc(N[C@@H]2CCC[C@@H]3OCC[C@@H]32)nc1. The Kier molecular flexibility index (Phi) is 3.29. The minimum Gasteiger partial charge on any atom is -0.378 e.